The zero-order valence-corrected chi connectivity index (χ0v) is 16.5. The van der Waals surface area contributed by atoms with Gasteiger partial charge in [-0.25, -0.2) is 0 Å². The maximum atomic E-state index is 12.5. The number of aryl methyl sites for hydroxylation is 1. The molecule has 0 heterocycles. The third-order valence-corrected chi connectivity index (χ3v) is 4.91. The van der Waals surface area contributed by atoms with Gasteiger partial charge >= 0.3 is 0 Å². The first-order valence-electron chi connectivity index (χ1n) is 8.55. The highest BCUT2D eigenvalue weighted by atomic mass is 79.9. The number of benzene rings is 1. The summed E-state index contributed by atoms with van der Waals surface area (Å²) >= 11 is 3.43. The third-order valence-electron chi connectivity index (χ3n) is 4.41. The molecule has 0 aromatic heterocycles. The minimum atomic E-state index is -0.204. The molecule has 0 bridgehead atoms. The highest BCUT2D eigenvalue weighted by Crippen LogP contribution is 2.31. The Morgan fingerprint density at radius 2 is 1.58 bits per heavy atom. The van der Waals surface area contributed by atoms with E-state index in [0.717, 1.165) is 41.4 Å². The summed E-state index contributed by atoms with van der Waals surface area (Å²) in [6.45, 7) is 7.95. The molecule has 0 radical (unpaired) electrons. The van der Waals surface area contributed by atoms with Crippen LogP contribution in [0.15, 0.2) is 22.7 Å². The zero-order valence-electron chi connectivity index (χ0n) is 14.9. The van der Waals surface area contributed by atoms with E-state index in [4.69, 9.17) is 0 Å². The lowest BCUT2D eigenvalue weighted by molar-refractivity contribution is -0.129. The monoisotopic (exact) mass is 394 g/mol. The van der Waals surface area contributed by atoms with Crippen molar-refractivity contribution in [3.63, 3.8) is 0 Å². The Kier molecular flexibility index (Phi) is 6.07. The van der Waals surface area contributed by atoms with Crippen LogP contribution in [0.5, 0.6) is 0 Å². The van der Waals surface area contributed by atoms with Crippen molar-refractivity contribution in [2.24, 2.45) is 11.8 Å². The Balaban J connectivity index is 1.87. The predicted molar refractivity (Wildman–Crippen MR) is 101 cm³/mol. The van der Waals surface area contributed by atoms with Gasteiger partial charge in [-0.15, -0.1) is 0 Å². The van der Waals surface area contributed by atoms with Crippen LogP contribution in [0.4, 0.5) is 5.69 Å². The van der Waals surface area contributed by atoms with E-state index < -0.39 is 0 Å². The van der Waals surface area contributed by atoms with Crippen molar-refractivity contribution in [1.82, 2.24) is 5.32 Å². The van der Waals surface area contributed by atoms with Crippen molar-refractivity contribution < 1.29 is 9.59 Å². The first kappa shape index (κ1) is 19.0. The molecule has 1 aromatic rings. The van der Waals surface area contributed by atoms with E-state index in [2.05, 4.69) is 26.6 Å². The number of carbonyl (C=O) groups excluding carboxylic acids is 2. The fourth-order valence-electron chi connectivity index (χ4n) is 3.09. The first-order valence-corrected chi connectivity index (χ1v) is 9.34. The van der Waals surface area contributed by atoms with Crippen molar-refractivity contribution in [3.8, 4) is 0 Å². The lowest BCUT2D eigenvalue weighted by Gasteiger charge is -2.30. The second kappa shape index (κ2) is 7.68. The van der Waals surface area contributed by atoms with Crippen LogP contribution in [-0.4, -0.2) is 17.4 Å². The van der Waals surface area contributed by atoms with Crippen molar-refractivity contribution >= 4 is 33.4 Å². The average molecular weight is 395 g/mol. The predicted octanol–water partition coefficient (Wildman–Crippen LogP) is 4.42. The fraction of sp³-hybridized carbons (Fsp3) is 0.579. The summed E-state index contributed by atoms with van der Waals surface area (Å²) in [7, 11) is 0. The molecular weight excluding hydrogens is 368 g/mol. The van der Waals surface area contributed by atoms with E-state index in [-0.39, 0.29) is 29.2 Å². The third kappa shape index (κ3) is 5.33. The fourth-order valence-corrected chi connectivity index (χ4v) is 3.57. The van der Waals surface area contributed by atoms with Crippen molar-refractivity contribution in [1.29, 1.82) is 0 Å². The van der Waals surface area contributed by atoms with Crippen molar-refractivity contribution in [3.05, 3.63) is 28.2 Å². The number of halogens is 1. The summed E-state index contributed by atoms with van der Waals surface area (Å²) in [5.74, 6) is 0.203. The quantitative estimate of drug-likeness (QED) is 0.796. The van der Waals surface area contributed by atoms with Gasteiger partial charge in [0.1, 0.15) is 0 Å². The van der Waals surface area contributed by atoms with E-state index in [1.165, 1.54) is 0 Å². The van der Waals surface area contributed by atoms with Gasteiger partial charge in [-0.2, -0.15) is 0 Å². The second-order valence-corrected chi connectivity index (χ2v) is 8.65. The van der Waals surface area contributed by atoms with E-state index in [9.17, 15) is 9.59 Å². The number of anilines is 1. The Hall–Kier alpha value is -1.36. The summed E-state index contributed by atoms with van der Waals surface area (Å²) in [6, 6.07) is 5.83. The van der Waals surface area contributed by atoms with Gasteiger partial charge < -0.3 is 10.6 Å². The van der Waals surface area contributed by atoms with Gasteiger partial charge in [0.2, 0.25) is 11.8 Å². The van der Waals surface area contributed by atoms with E-state index in [0.29, 0.717) is 0 Å². The molecule has 1 fully saturated rings. The lowest BCUT2D eigenvalue weighted by Crippen LogP contribution is -2.45. The van der Waals surface area contributed by atoms with Crippen LogP contribution in [0.25, 0.3) is 0 Å². The maximum absolute atomic E-state index is 12.5. The molecular formula is C19H27BrN2O2. The molecule has 0 aliphatic heterocycles. The molecule has 132 valence electrons. The Bertz CT molecular complexity index is 614. The number of amides is 2. The highest BCUT2D eigenvalue weighted by molar-refractivity contribution is 9.10. The van der Waals surface area contributed by atoms with Gasteiger partial charge in [0.25, 0.3) is 0 Å². The Morgan fingerprint density at radius 1 is 1.04 bits per heavy atom. The molecule has 0 saturated heterocycles. The number of carbonyl (C=O) groups is 2. The van der Waals surface area contributed by atoms with Gasteiger partial charge in [-0.05, 0) is 77.1 Å². The standard InChI is InChI=1S/C19H27BrN2O2/c1-12-11-15(20)9-10-16(12)21-17(23)13-5-7-14(8-6-13)18(24)22-19(2,3)4/h9-11,13-14H,5-8H2,1-4H3,(H,21,23)(H,22,24). The molecule has 0 atom stereocenters. The number of nitrogens with one attached hydrogen (secondary N) is 2. The first-order chi connectivity index (χ1) is 11.2. The van der Waals surface area contributed by atoms with Crippen LogP contribution in [0, 0.1) is 18.8 Å². The van der Waals surface area contributed by atoms with E-state index in [1.54, 1.807) is 0 Å². The van der Waals surface area contributed by atoms with Crippen LogP contribution in [-0.2, 0) is 9.59 Å². The lowest BCUT2D eigenvalue weighted by atomic mass is 9.80. The minimum absolute atomic E-state index is 0.00765. The molecule has 1 aliphatic carbocycles. The molecule has 1 aliphatic rings. The summed E-state index contributed by atoms with van der Waals surface area (Å²) in [5, 5.41) is 6.07. The minimum Gasteiger partial charge on any atom is -0.351 e. The zero-order chi connectivity index (χ0) is 17.9. The Morgan fingerprint density at radius 3 is 2.08 bits per heavy atom. The van der Waals surface area contributed by atoms with Gasteiger partial charge in [-0.3, -0.25) is 9.59 Å². The van der Waals surface area contributed by atoms with Crippen LogP contribution in [0.2, 0.25) is 0 Å². The molecule has 24 heavy (non-hydrogen) atoms. The molecule has 5 heteroatoms. The summed E-state index contributed by atoms with van der Waals surface area (Å²) in [4.78, 5) is 24.7. The largest absolute Gasteiger partial charge is 0.351 e. The molecule has 1 saturated carbocycles. The van der Waals surface area contributed by atoms with Gasteiger partial charge in [0.05, 0.1) is 0 Å². The molecule has 2 rings (SSSR count). The van der Waals surface area contributed by atoms with Crippen LogP contribution in [0.1, 0.15) is 52.0 Å². The van der Waals surface area contributed by atoms with Gasteiger partial charge in [0, 0.05) is 27.5 Å². The van der Waals surface area contributed by atoms with Crippen molar-refractivity contribution in [2.45, 2.75) is 58.9 Å². The van der Waals surface area contributed by atoms with Crippen LogP contribution >= 0.6 is 15.9 Å². The number of rotatable bonds is 3. The van der Waals surface area contributed by atoms with E-state index in [1.807, 2.05) is 45.9 Å². The Labute approximate surface area is 152 Å². The summed E-state index contributed by atoms with van der Waals surface area (Å²) in [5.41, 5.74) is 1.69. The van der Waals surface area contributed by atoms with E-state index >= 15 is 0 Å². The second-order valence-electron chi connectivity index (χ2n) is 7.74. The summed E-state index contributed by atoms with van der Waals surface area (Å²) in [6.07, 6.45) is 3.09. The molecule has 2 amide bonds. The molecule has 0 spiro atoms. The number of hydrogen-bond donors (Lipinski definition) is 2. The topological polar surface area (TPSA) is 58.2 Å². The molecule has 0 unspecified atom stereocenters. The maximum Gasteiger partial charge on any atom is 0.227 e. The van der Waals surface area contributed by atoms with Gasteiger partial charge in [-0.1, -0.05) is 15.9 Å². The molecule has 4 nitrogen and oxygen atoms in total. The highest BCUT2D eigenvalue weighted by Gasteiger charge is 2.31. The van der Waals surface area contributed by atoms with Crippen molar-refractivity contribution in [2.75, 3.05) is 5.32 Å². The van der Waals surface area contributed by atoms with Crippen LogP contribution < -0.4 is 10.6 Å². The average Bonchev–Trinajstić information content (AvgIpc) is 2.48. The normalized spacial score (nSPS) is 21.2. The SMILES string of the molecule is Cc1cc(Br)ccc1NC(=O)C1CCC(C(=O)NC(C)(C)C)CC1. The van der Waals surface area contributed by atoms with Crippen LogP contribution in [0.3, 0.4) is 0 Å². The summed E-state index contributed by atoms with van der Waals surface area (Å²) < 4.78 is 1.00. The number of hydrogen-bond acceptors (Lipinski definition) is 2. The molecule has 2 N–H and O–H groups in total. The van der Waals surface area contributed by atoms with Gasteiger partial charge in [0.15, 0.2) is 0 Å². The smallest absolute Gasteiger partial charge is 0.227 e. The molecule has 1 aromatic carbocycles.